The highest BCUT2D eigenvalue weighted by Gasteiger charge is 2.25. The summed E-state index contributed by atoms with van der Waals surface area (Å²) >= 11 is 0. The number of hydrogen-bond donors (Lipinski definition) is 0. The van der Waals surface area contributed by atoms with Crippen molar-refractivity contribution in [1.82, 2.24) is 0 Å². The van der Waals surface area contributed by atoms with Crippen LogP contribution in [0.5, 0.6) is 5.75 Å². The fraction of sp³-hybridized carbons (Fsp3) is 0.476. The van der Waals surface area contributed by atoms with Gasteiger partial charge >= 0.3 is 0 Å². The van der Waals surface area contributed by atoms with Crippen molar-refractivity contribution in [1.29, 1.82) is 0 Å². The number of Topliss-reactive ketones (excluding diaryl/α,β-unsaturated/α-hetero) is 1. The van der Waals surface area contributed by atoms with E-state index in [-0.39, 0.29) is 5.78 Å². The zero-order valence-corrected chi connectivity index (χ0v) is 14.6. The summed E-state index contributed by atoms with van der Waals surface area (Å²) in [6.45, 7) is 5.79. The first-order valence-corrected chi connectivity index (χ1v) is 8.83. The molecular weight excluding hydrogens is 300 g/mol. The van der Waals surface area contributed by atoms with Gasteiger partial charge in [0, 0.05) is 23.4 Å². The lowest BCUT2D eigenvalue weighted by molar-refractivity contribution is 0.0948. The molecule has 0 spiro atoms. The Morgan fingerprint density at radius 2 is 2.17 bits per heavy atom. The number of methoxy groups -OCH3 is 1. The van der Waals surface area contributed by atoms with E-state index in [1.165, 1.54) is 19.3 Å². The van der Waals surface area contributed by atoms with Gasteiger partial charge in [0.15, 0.2) is 11.5 Å². The Balaban J connectivity index is 1.66. The van der Waals surface area contributed by atoms with Gasteiger partial charge in [-0.25, -0.2) is 0 Å². The van der Waals surface area contributed by atoms with Gasteiger partial charge in [0.1, 0.15) is 11.3 Å². The highest BCUT2D eigenvalue weighted by molar-refractivity contribution is 6.00. The average Bonchev–Trinajstić information content (AvgIpc) is 3.17. The molecule has 3 heteroatoms. The zero-order valence-electron chi connectivity index (χ0n) is 14.6. The predicted octanol–water partition coefficient (Wildman–Crippen LogP) is 5.71. The summed E-state index contributed by atoms with van der Waals surface area (Å²) in [6, 6.07) is 5.70. The first-order chi connectivity index (χ1) is 11.6. The molecular formula is C21H26O3. The number of furan rings is 1. The minimum atomic E-state index is 0.120. The monoisotopic (exact) mass is 326 g/mol. The lowest BCUT2D eigenvalue weighted by atomic mass is 9.96. The van der Waals surface area contributed by atoms with Gasteiger partial charge in [-0.05, 0) is 56.6 Å². The molecule has 1 aromatic carbocycles. The second kappa shape index (κ2) is 7.25. The van der Waals surface area contributed by atoms with Crippen LogP contribution < -0.4 is 4.74 Å². The molecule has 128 valence electrons. The molecule has 3 nitrogen and oxygen atoms in total. The number of hydrogen-bond acceptors (Lipinski definition) is 3. The van der Waals surface area contributed by atoms with Gasteiger partial charge in [-0.2, -0.15) is 0 Å². The Kier molecular flexibility index (Phi) is 5.08. The van der Waals surface area contributed by atoms with Gasteiger partial charge in [0.2, 0.25) is 0 Å². The van der Waals surface area contributed by atoms with Crippen molar-refractivity contribution in [2.75, 3.05) is 7.11 Å². The third-order valence-corrected chi connectivity index (χ3v) is 5.33. The molecule has 2 unspecified atom stereocenters. The molecule has 2 atom stereocenters. The summed E-state index contributed by atoms with van der Waals surface area (Å²) in [5.41, 5.74) is 1.66. The highest BCUT2D eigenvalue weighted by Crippen LogP contribution is 2.36. The number of carbonyl (C=O) groups excluding carboxylic acids is 1. The summed E-state index contributed by atoms with van der Waals surface area (Å²) in [5, 5.41) is 0.992. The number of ketones is 1. The second-order valence-electron chi connectivity index (χ2n) is 6.95. The van der Waals surface area contributed by atoms with Crippen molar-refractivity contribution in [2.45, 2.75) is 45.4 Å². The van der Waals surface area contributed by atoms with Crippen molar-refractivity contribution in [2.24, 2.45) is 11.8 Å². The Morgan fingerprint density at radius 1 is 1.38 bits per heavy atom. The van der Waals surface area contributed by atoms with Crippen LogP contribution in [0, 0.1) is 18.8 Å². The highest BCUT2D eigenvalue weighted by atomic mass is 16.5. The average molecular weight is 326 g/mol. The molecule has 1 saturated carbocycles. The Labute approximate surface area is 143 Å². The van der Waals surface area contributed by atoms with Crippen LogP contribution in [0.15, 0.2) is 35.3 Å². The SMILES string of the molecule is C=CCC1CCC(CCC(=O)c2oc3cc(OC)ccc3c2C)C1. The van der Waals surface area contributed by atoms with Crippen LogP contribution in [0.1, 0.15) is 54.6 Å². The van der Waals surface area contributed by atoms with E-state index in [0.29, 0.717) is 18.1 Å². The lowest BCUT2D eigenvalue weighted by Crippen LogP contribution is -2.04. The van der Waals surface area contributed by atoms with E-state index in [4.69, 9.17) is 9.15 Å². The fourth-order valence-corrected chi connectivity index (χ4v) is 3.94. The maximum Gasteiger partial charge on any atom is 0.198 e. The van der Waals surface area contributed by atoms with Crippen molar-refractivity contribution in [3.8, 4) is 5.75 Å². The predicted molar refractivity (Wildman–Crippen MR) is 96.7 cm³/mol. The summed E-state index contributed by atoms with van der Waals surface area (Å²) < 4.78 is 11.1. The van der Waals surface area contributed by atoms with E-state index in [1.807, 2.05) is 31.2 Å². The molecule has 1 fully saturated rings. The first kappa shape index (κ1) is 16.8. The smallest absolute Gasteiger partial charge is 0.198 e. The van der Waals surface area contributed by atoms with Crippen molar-refractivity contribution >= 4 is 16.8 Å². The largest absolute Gasteiger partial charge is 0.497 e. The normalized spacial score (nSPS) is 20.4. The molecule has 24 heavy (non-hydrogen) atoms. The molecule has 0 aliphatic heterocycles. The number of ether oxygens (including phenoxy) is 1. The van der Waals surface area contributed by atoms with Crippen LogP contribution in [-0.4, -0.2) is 12.9 Å². The molecule has 3 rings (SSSR count). The molecule has 1 heterocycles. The topological polar surface area (TPSA) is 39.4 Å². The second-order valence-corrected chi connectivity index (χ2v) is 6.95. The van der Waals surface area contributed by atoms with Crippen molar-refractivity contribution < 1.29 is 13.9 Å². The molecule has 0 amide bonds. The Morgan fingerprint density at radius 3 is 2.92 bits per heavy atom. The van der Waals surface area contributed by atoms with Gasteiger partial charge < -0.3 is 9.15 Å². The van der Waals surface area contributed by atoms with E-state index in [2.05, 4.69) is 6.58 Å². The summed E-state index contributed by atoms with van der Waals surface area (Å²) in [7, 11) is 1.63. The van der Waals surface area contributed by atoms with Gasteiger partial charge in [-0.3, -0.25) is 4.79 Å². The van der Waals surface area contributed by atoms with E-state index in [1.54, 1.807) is 7.11 Å². The van der Waals surface area contributed by atoms with E-state index >= 15 is 0 Å². The van der Waals surface area contributed by atoms with Crippen LogP contribution in [0.3, 0.4) is 0 Å². The van der Waals surface area contributed by atoms with Crippen LogP contribution in [0.25, 0.3) is 11.0 Å². The third-order valence-electron chi connectivity index (χ3n) is 5.33. The van der Waals surface area contributed by atoms with Crippen LogP contribution in [0.2, 0.25) is 0 Å². The van der Waals surface area contributed by atoms with Crippen LogP contribution in [-0.2, 0) is 0 Å². The molecule has 1 aromatic heterocycles. The van der Waals surface area contributed by atoms with Crippen molar-refractivity contribution in [3.63, 3.8) is 0 Å². The number of allylic oxidation sites excluding steroid dienone is 1. The summed E-state index contributed by atoms with van der Waals surface area (Å²) in [4.78, 5) is 12.6. The van der Waals surface area contributed by atoms with E-state index < -0.39 is 0 Å². The van der Waals surface area contributed by atoms with Gasteiger partial charge in [-0.1, -0.05) is 12.5 Å². The molecule has 1 aliphatic rings. The molecule has 1 aliphatic carbocycles. The quantitative estimate of drug-likeness (QED) is 0.483. The minimum Gasteiger partial charge on any atom is -0.497 e. The van der Waals surface area contributed by atoms with Crippen LogP contribution >= 0.6 is 0 Å². The lowest BCUT2D eigenvalue weighted by Gasteiger charge is -2.09. The van der Waals surface area contributed by atoms with E-state index in [9.17, 15) is 4.79 Å². The Hall–Kier alpha value is -2.03. The van der Waals surface area contributed by atoms with Crippen LogP contribution in [0.4, 0.5) is 0 Å². The maximum atomic E-state index is 12.6. The zero-order chi connectivity index (χ0) is 17.1. The van der Waals surface area contributed by atoms with Crippen molar-refractivity contribution in [3.05, 3.63) is 42.2 Å². The number of benzene rings is 1. The molecule has 0 saturated heterocycles. The molecule has 0 bridgehead atoms. The molecule has 0 radical (unpaired) electrons. The number of aryl methyl sites for hydroxylation is 1. The number of carbonyl (C=O) groups is 1. The third kappa shape index (κ3) is 3.40. The van der Waals surface area contributed by atoms with E-state index in [0.717, 1.165) is 41.0 Å². The summed E-state index contributed by atoms with van der Waals surface area (Å²) in [6.07, 6.45) is 8.40. The molecule has 0 N–H and O–H groups in total. The number of rotatable bonds is 7. The van der Waals surface area contributed by atoms with Gasteiger partial charge in [-0.15, -0.1) is 6.58 Å². The van der Waals surface area contributed by atoms with Gasteiger partial charge in [0.05, 0.1) is 7.11 Å². The number of fused-ring (bicyclic) bond motifs is 1. The minimum absolute atomic E-state index is 0.120. The van der Waals surface area contributed by atoms with Gasteiger partial charge in [0.25, 0.3) is 0 Å². The molecule has 2 aromatic rings. The maximum absolute atomic E-state index is 12.6. The standard InChI is InChI=1S/C21H26O3/c1-4-5-15-6-7-16(12-15)8-11-19(22)21-14(2)18-10-9-17(23-3)13-20(18)24-21/h4,9-10,13,15-16H,1,5-8,11-12H2,2-3H3. The first-order valence-electron chi connectivity index (χ1n) is 8.83. The fourth-order valence-electron chi connectivity index (χ4n) is 3.94. The Bertz CT molecular complexity index is 741. The summed E-state index contributed by atoms with van der Waals surface area (Å²) in [5.74, 6) is 2.81.